The van der Waals surface area contributed by atoms with E-state index in [9.17, 15) is 9.50 Å². The molecule has 3 atom stereocenters. The smallest absolute Gasteiger partial charge is 0.168 e. The van der Waals surface area contributed by atoms with Crippen LogP contribution in [0.15, 0.2) is 18.2 Å². The van der Waals surface area contributed by atoms with E-state index in [0.717, 1.165) is 0 Å². The summed E-state index contributed by atoms with van der Waals surface area (Å²) in [5.74, 6) is 1.72. The zero-order valence-corrected chi connectivity index (χ0v) is 11.3. The average Bonchev–Trinajstić information content (AvgIpc) is 3.15. The fourth-order valence-electron chi connectivity index (χ4n) is 3.85. The number of ether oxygens (including phenoxy) is 1. The van der Waals surface area contributed by atoms with Gasteiger partial charge >= 0.3 is 0 Å². The lowest BCUT2D eigenvalue weighted by Gasteiger charge is -2.12. The number of fused-ring (bicyclic) bond motifs is 1. The number of hydrogen-bond acceptors (Lipinski definition) is 2. The molecule has 0 bridgehead atoms. The van der Waals surface area contributed by atoms with Gasteiger partial charge in [-0.1, -0.05) is 25.0 Å². The fourth-order valence-corrected chi connectivity index (χ4v) is 3.85. The minimum atomic E-state index is -0.408. The Labute approximate surface area is 113 Å². The van der Waals surface area contributed by atoms with Gasteiger partial charge < -0.3 is 9.84 Å². The largest absolute Gasteiger partial charge is 0.494 e. The zero-order valence-electron chi connectivity index (χ0n) is 11.3. The highest BCUT2D eigenvalue weighted by molar-refractivity contribution is 5.31. The molecule has 19 heavy (non-hydrogen) atoms. The number of halogens is 1. The molecule has 0 radical (unpaired) electrons. The van der Waals surface area contributed by atoms with E-state index in [1.54, 1.807) is 18.2 Å². The number of aliphatic hydroxyl groups excluding tert-OH is 1. The highest BCUT2D eigenvalue weighted by Crippen LogP contribution is 2.57. The molecule has 1 N–H and O–H groups in total. The Bertz CT molecular complexity index is 448. The number of methoxy groups -OCH3 is 1. The number of benzene rings is 1. The summed E-state index contributed by atoms with van der Waals surface area (Å²) in [7, 11) is 1.47. The fraction of sp³-hybridized carbons (Fsp3) is 0.625. The van der Waals surface area contributed by atoms with E-state index < -0.39 is 6.10 Å². The van der Waals surface area contributed by atoms with Crippen molar-refractivity contribution in [3.05, 3.63) is 29.6 Å². The van der Waals surface area contributed by atoms with Crippen molar-refractivity contribution < 1.29 is 14.2 Å². The molecule has 3 rings (SSSR count). The van der Waals surface area contributed by atoms with Gasteiger partial charge in [-0.05, 0) is 42.2 Å². The normalized spacial score (nSPS) is 30.6. The Balaban J connectivity index is 1.68. The minimum absolute atomic E-state index is 0.262. The number of aliphatic hydroxyl groups is 1. The van der Waals surface area contributed by atoms with Crippen LogP contribution in [0.1, 0.15) is 31.2 Å². The summed E-state index contributed by atoms with van der Waals surface area (Å²) in [6.07, 6.45) is 5.06. The van der Waals surface area contributed by atoms with Gasteiger partial charge in [0, 0.05) is 6.42 Å². The molecular formula is C16H21FO2. The maximum Gasteiger partial charge on any atom is 0.168 e. The second-order valence-corrected chi connectivity index (χ2v) is 5.89. The first-order chi connectivity index (χ1) is 9.22. The summed E-state index contributed by atoms with van der Waals surface area (Å²) in [4.78, 5) is 0. The van der Waals surface area contributed by atoms with E-state index in [0.29, 0.717) is 29.7 Å². The Kier molecular flexibility index (Phi) is 3.48. The van der Waals surface area contributed by atoms with Gasteiger partial charge in [0.05, 0.1) is 13.2 Å². The van der Waals surface area contributed by atoms with Crippen molar-refractivity contribution in [3.63, 3.8) is 0 Å². The third-order valence-electron chi connectivity index (χ3n) is 4.86. The molecule has 2 nitrogen and oxygen atoms in total. The van der Waals surface area contributed by atoms with Gasteiger partial charge in [0.1, 0.15) is 0 Å². The average molecular weight is 264 g/mol. The molecule has 2 fully saturated rings. The van der Waals surface area contributed by atoms with Crippen LogP contribution in [0.2, 0.25) is 0 Å². The second-order valence-electron chi connectivity index (χ2n) is 5.89. The van der Waals surface area contributed by atoms with Gasteiger partial charge in [-0.25, -0.2) is 4.39 Å². The Morgan fingerprint density at radius 3 is 2.63 bits per heavy atom. The van der Waals surface area contributed by atoms with Crippen molar-refractivity contribution in [2.45, 2.75) is 38.2 Å². The molecule has 0 heterocycles. The SMILES string of the molecule is COc1cccc(CC(O)C2C3CCCCC32)c1F. The molecule has 3 heteroatoms. The maximum atomic E-state index is 14.1. The third kappa shape index (κ3) is 2.36. The Hall–Kier alpha value is -1.09. The topological polar surface area (TPSA) is 29.5 Å². The predicted molar refractivity (Wildman–Crippen MR) is 71.6 cm³/mol. The summed E-state index contributed by atoms with van der Waals surface area (Å²) in [6.45, 7) is 0. The van der Waals surface area contributed by atoms with Crippen molar-refractivity contribution in [2.75, 3.05) is 7.11 Å². The number of rotatable bonds is 4. The van der Waals surface area contributed by atoms with E-state index in [4.69, 9.17) is 4.74 Å². The van der Waals surface area contributed by atoms with Crippen LogP contribution in [0.3, 0.4) is 0 Å². The van der Waals surface area contributed by atoms with Gasteiger partial charge in [-0.3, -0.25) is 0 Å². The maximum absolute atomic E-state index is 14.1. The highest BCUT2D eigenvalue weighted by atomic mass is 19.1. The van der Waals surface area contributed by atoms with Crippen molar-refractivity contribution >= 4 is 0 Å². The number of hydrogen-bond donors (Lipinski definition) is 1. The zero-order chi connectivity index (χ0) is 13.4. The van der Waals surface area contributed by atoms with Crippen LogP contribution < -0.4 is 4.74 Å². The van der Waals surface area contributed by atoms with Crippen LogP contribution in [-0.2, 0) is 6.42 Å². The molecule has 2 aliphatic rings. The van der Waals surface area contributed by atoms with E-state index in [1.165, 1.54) is 32.8 Å². The summed E-state index contributed by atoms with van der Waals surface area (Å²) in [5.41, 5.74) is 0.565. The summed E-state index contributed by atoms with van der Waals surface area (Å²) >= 11 is 0. The van der Waals surface area contributed by atoms with Crippen molar-refractivity contribution in [1.29, 1.82) is 0 Å². The van der Waals surface area contributed by atoms with Crippen LogP contribution in [0.25, 0.3) is 0 Å². The molecule has 3 unspecified atom stereocenters. The predicted octanol–water partition coefficient (Wildman–Crippen LogP) is 3.17. The van der Waals surface area contributed by atoms with E-state index in [2.05, 4.69) is 0 Å². The Morgan fingerprint density at radius 2 is 2.00 bits per heavy atom. The lowest BCUT2D eigenvalue weighted by molar-refractivity contribution is 0.139. The summed E-state index contributed by atoms with van der Waals surface area (Å²) in [6, 6.07) is 5.14. The van der Waals surface area contributed by atoms with Crippen LogP contribution in [0.5, 0.6) is 5.75 Å². The molecule has 1 aromatic rings. The molecule has 0 amide bonds. The molecule has 0 spiro atoms. The van der Waals surface area contributed by atoms with Gasteiger partial charge in [-0.2, -0.15) is 0 Å². The first-order valence-corrected chi connectivity index (χ1v) is 7.22. The van der Waals surface area contributed by atoms with Crippen molar-refractivity contribution in [2.24, 2.45) is 17.8 Å². The minimum Gasteiger partial charge on any atom is -0.494 e. The Morgan fingerprint density at radius 1 is 1.32 bits per heavy atom. The van der Waals surface area contributed by atoms with Gasteiger partial charge in [-0.15, -0.1) is 0 Å². The second kappa shape index (κ2) is 5.12. The molecule has 104 valence electrons. The van der Waals surface area contributed by atoms with Crippen molar-refractivity contribution in [1.82, 2.24) is 0 Å². The van der Waals surface area contributed by atoms with Crippen LogP contribution in [0.4, 0.5) is 4.39 Å². The third-order valence-corrected chi connectivity index (χ3v) is 4.86. The van der Waals surface area contributed by atoms with Crippen LogP contribution in [-0.4, -0.2) is 18.3 Å². The molecule has 0 saturated heterocycles. The molecular weight excluding hydrogens is 243 g/mol. The first kappa shape index (κ1) is 12.9. The molecule has 1 aromatic carbocycles. The molecule has 2 saturated carbocycles. The van der Waals surface area contributed by atoms with E-state index >= 15 is 0 Å². The van der Waals surface area contributed by atoms with Gasteiger partial charge in [0.2, 0.25) is 0 Å². The summed E-state index contributed by atoms with van der Waals surface area (Å²) < 4.78 is 19.0. The first-order valence-electron chi connectivity index (χ1n) is 7.22. The van der Waals surface area contributed by atoms with E-state index in [-0.39, 0.29) is 11.6 Å². The quantitative estimate of drug-likeness (QED) is 0.905. The standard InChI is InChI=1S/C16H21FO2/c1-19-14-8-4-5-10(16(14)17)9-13(18)15-11-6-2-3-7-12(11)15/h4-5,8,11-13,15,18H,2-3,6-7,9H2,1H3. The highest BCUT2D eigenvalue weighted by Gasteiger charge is 2.53. The van der Waals surface area contributed by atoms with Gasteiger partial charge in [0.25, 0.3) is 0 Å². The molecule has 2 aliphatic carbocycles. The van der Waals surface area contributed by atoms with Crippen molar-refractivity contribution in [3.8, 4) is 5.75 Å². The lowest BCUT2D eigenvalue weighted by Crippen LogP contribution is -2.16. The monoisotopic (exact) mass is 264 g/mol. The van der Waals surface area contributed by atoms with Gasteiger partial charge in [0.15, 0.2) is 11.6 Å². The van der Waals surface area contributed by atoms with Crippen LogP contribution in [0, 0.1) is 23.6 Å². The molecule has 0 aromatic heterocycles. The van der Waals surface area contributed by atoms with E-state index in [1.807, 2.05) is 0 Å². The summed E-state index contributed by atoms with van der Waals surface area (Å²) in [5, 5.41) is 10.4. The molecule has 0 aliphatic heterocycles. The lowest BCUT2D eigenvalue weighted by atomic mass is 10.0. The van der Waals surface area contributed by atoms with Crippen LogP contribution >= 0.6 is 0 Å².